The zero-order valence-electron chi connectivity index (χ0n) is 9.17. The minimum absolute atomic E-state index is 0.0968. The summed E-state index contributed by atoms with van der Waals surface area (Å²) in [5, 5.41) is 0. The molecule has 0 saturated carbocycles. The molecule has 1 aliphatic rings. The summed E-state index contributed by atoms with van der Waals surface area (Å²) >= 11 is 0. The predicted octanol–water partition coefficient (Wildman–Crippen LogP) is 2.60. The summed E-state index contributed by atoms with van der Waals surface area (Å²) < 4.78 is 0. The third kappa shape index (κ3) is 3.52. The van der Waals surface area contributed by atoms with Gasteiger partial charge in [-0.15, -0.1) is 0 Å². The number of amides is 1. The summed E-state index contributed by atoms with van der Waals surface area (Å²) in [6.45, 7) is 7.67. The number of carbonyl (C=O) groups is 1. The van der Waals surface area contributed by atoms with Gasteiger partial charge in [-0.1, -0.05) is 26.3 Å². The van der Waals surface area contributed by atoms with Crippen molar-refractivity contribution in [1.82, 2.24) is 4.90 Å². The fourth-order valence-corrected chi connectivity index (χ4v) is 2.03. The Morgan fingerprint density at radius 2 is 1.93 bits per heavy atom. The highest BCUT2D eigenvalue weighted by atomic mass is 16.2. The standard InChI is InChI=1S/C12H21NO/c1-3-12(14)13-9-5-4-7-11(2)8-6-10-13/h3,11H,1,4-10H2,2H3. The summed E-state index contributed by atoms with van der Waals surface area (Å²) in [4.78, 5) is 13.4. The smallest absolute Gasteiger partial charge is 0.245 e. The Hall–Kier alpha value is -0.790. The summed E-state index contributed by atoms with van der Waals surface area (Å²) in [5.74, 6) is 0.924. The van der Waals surface area contributed by atoms with E-state index in [4.69, 9.17) is 0 Å². The Morgan fingerprint density at radius 1 is 1.29 bits per heavy atom. The van der Waals surface area contributed by atoms with Gasteiger partial charge >= 0.3 is 0 Å². The molecule has 0 aromatic heterocycles. The molecule has 2 nitrogen and oxygen atoms in total. The number of hydrogen-bond acceptors (Lipinski definition) is 1. The molecule has 1 atom stereocenters. The number of hydrogen-bond donors (Lipinski definition) is 0. The summed E-state index contributed by atoms with van der Waals surface area (Å²) in [5.41, 5.74) is 0. The maximum atomic E-state index is 11.4. The minimum Gasteiger partial charge on any atom is -0.339 e. The maximum Gasteiger partial charge on any atom is 0.245 e. The van der Waals surface area contributed by atoms with Crippen molar-refractivity contribution in [2.45, 2.75) is 39.0 Å². The first-order valence-electron chi connectivity index (χ1n) is 5.65. The van der Waals surface area contributed by atoms with Crippen molar-refractivity contribution in [1.29, 1.82) is 0 Å². The molecule has 1 aliphatic heterocycles. The van der Waals surface area contributed by atoms with Crippen LogP contribution in [0, 0.1) is 5.92 Å². The van der Waals surface area contributed by atoms with E-state index in [1.165, 1.54) is 25.3 Å². The molecule has 14 heavy (non-hydrogen) atoms. The Bertz CT molecular complexity index is 200. The Balaban J connectivity index is 2.44. The first-order chi connectivity index (χ1) is 6.74. The molecule has 0 aliphatic carbocycles. The van der Waals surface area contributed by atoms with Gasteiger partial charge in [0.05, 0.1) is 0 Å². The molecular formula is C12H21NO. The van der Waals surface area contributed by atoms with Gasteiger partial charge in [0.25, 0.3) is 0 Å². The Morgan fingerprint density at radius 3 is 2.64 bits per heavy atom. The van der Waals surface area contributed by atoms with Gasteiger partial charge in [0, 0.05) is 13.1 Å². The Labute approximate surface area is 87.0 Å². The fraction of sp³-hybridized carbons (Fsp3) is 0.750. The maximum absolute atomic E-state index is 11.4. The summed E-state index contributed by atoms with van der Waals surface area (Å²) in [6.07, 6.45) is 7.53. The van der Waals surface area contributed by atoms with E-state index in [2.05, 4.69) is 13.5 Å². The van der Waals surface area contributed by atoms with E-state index in [9.17, 15) is 4.79 Å². The van der Waals surface area contributed by atoms with Crippen molar-refractivity contribution in [3.05, 3.63) is 12.7 Å². The molecular weight excluding hydrogens is 174 g/mol. The lowest BCUT2D eigenvalue weighted by Gasteiger charge is -2.19. The third-order valence-corrected chi connectivity index (χ3v) is 2.99. The molecule has 1 amide bonds. The molecule has 0 aromatic rings. The molecule has 1 rings (SSSR count). The molecule has 2 heteroatoms. The second-order valence-corrected chi connectivity index (χ2v) is 4.27. The number of nitrogens with zero attached hydrogens (tertiary/aromatic N) is 1. The van der Waals surface area contributed by atoms with Crippen molar-refractivity contribution < 1.29 is 4.79 Å². The van der Waals surface area contributed by atoms with E-state index < -0.39 is 0 Å². The zero-order chi connectivity index (χ0) is 10.4. The molecule has 1 fully saturated rings. The first kappa shape index (κ1) is 11.3. The van der Waals surface area contributed by atoms with Crippen LogP contribution in [0.25, 0.3) is 0 Å². The van der Waals surface area contributed by atoms with Crippen LogP contribution >= 0.6 is 0 Å². The second-order valence-electron chi connectivity index (χ2n) is 4.27. The van der Waals surface area contributed by atoms with E-state index >= 15 is 0 Å². The van der Waals surface area contributed by atoms with Crippen LogP contribution < -0.4 is 0 Å². The molecule has 1 heterocycles. The largest absolute Gasteiger partial charge is 0.339 e. The topological polar surface area (TPSA) is 20.3 Å². The monoisotopic (exact) mass is 195 g/mol. The highest BCUT2D eigenvalue weighted by Gasteiger charge is 2.13. The number of carbonyl (C=O) groups excluding carboxylic acids is 1. The van der Waals surface area contributed by atoms with Crippen LogP contribution in [0.4, 0.5) is 0 Å². The molecule has 0 radical (unpaired) electrons. The van der Waals surface area contributed by atoms with Crippen molar-refractivity contribution in [2.24, 2.45) is 5.92 Å². The molecule has 1 unspecified atom stereocenters. The fourth-order valence-electron chi connectivity index (χ4n) is 2.03. The quantitative estimate of drug-likeness (QED) is 0.589. The van der Waals surface area contributed by atoms with Gasteiger partial charge in [0.1, 0.15) is 0 Å². The van der Waals surface area contributed by atoms with Crippen LogP contribution in [0.2, 0.25) is 0 Å². The first-order valence-corrected chi connectivity index (χ1v) is 5.65. The van der Waals surface area contributed by atoms with Crippen LogP contribution in [0.15, 0.2) is 12.7 Å². The van der Waals surface area contributed by atoms with E-state index in [0.717, 1.165) is 31.8 Å². The van der Waals surface area contributed by atoms with Crippen LogP contribution in [-0.2, 0) is 4.79 Å². The van der Waals surface area contributed by atoms with Gasteiger partial charge in [-0.25, -0.2) is 0 Å². The van der Waals surface area contributed by atoms with Crippen molar-refractivity contribution in [2.75, 3.05) is 13.1 Å². The van der Waals surface area contributed by atoms with E-state index in [1.54, 1.807) is 0 Å². The molecule has 0 aromatic carbocycles. The molecule has 1 saturated heterocycles. The lowest BCUT2D eigenvalue weighted by molar-refractivity contribution is -0.126. The molecule has 80 valence electrons. The minimum atomic E-state index is 0.0968. The normalized spacial score (nSPS) is 24.6. The van der Waals surface area contributed by atoms with Crippen molar-refractivity contribution in [3.8, 4) is 0 Å². The van der Waals surface area contributed by atoms with Crippen molar-refractivity contribution >= 4 is 5.91 Å². The van der Waals surface area contributed by atoms with Crippen LogP contribution in [0.1, 0.15) is 39.0 Å². The van der Waals surface area contributed by atoms with Gasteiger partial charge in [0.2, 0.25) is 5.91 Å². The second kappa shape index (κ2) is 5.84. The highest BCUT2D eigenvalue weighted by molar-refractivity contribution is 5.86. The Kier molecular flexibility index (Phi) is 4.71. The SMILES string of the molecule is C=CC(=O)N1CCCCC(C)CCC1. The average Bonchev–Trinajstić information content (AvgIpc) is 2.29. The third-order valence-electron chi connectivity index (χ3n) is 2.99. The number of rotatable bonds is 1. The predicted molar refractivity (Wildman–Crippen MR) is 59.0 cm³/mol. The van der Waals surface area contributed by atoms with Gasteiger partial charge in [-0.3, -0.25) is 4.79 Å². The van der Waals surface area contributed by atoms with E-state index in [1.807, 2.05) is 4.90 Å². The average molecular weight is 195 g/mol. The molecule has 0 bridgehead atoms. The summed E-state index contributed by atoms with van der Waals surface area (Å²) in [6, 6.07) is 0. The van der Waals surface area contributed by atoms with Crippen molar-refractivity contribution in [3.63, 3.8) is 0 Å². The van der Waals surface area contributed by atoms with Crippen LogP contribution in [0.3, 0.4) is 0 Å². The lowest BCUT2D eigenvalue weighted by Crippen LogP contribution is -2.31. The van der Waals surface area contributed by atoms with Gasteiger partial charge in [-0.05, 0) is 31.3 Å². The summed E-state index contributed by atoms with van der Waals surface area (Å²) in [7, 11) is 0. The van der Waals surface area contributed by atoms with E-state index in [-0.39, 0.29) is 5.91 Å². The van der Waals surface area contributed by atoms with Gasteiger partial charge in [0.15, 0.2) is 0 Å². The molecule has 0 spiro atoms. The van der Waals surface area contributed by atoms with Gasteiger partial charge < -0.3 is 4.90 Å². The van der Waals surface area contributed by atoms with Crippen LogP contribution in [-0.4, -0.2) is 23.9 Å². The molecule has 0 N–H and O–H groups in total. The van der Waals surface area contributed by atoms with Crippen LogP contribution in [0.5, 0.6) is 0 Å². The lowest BCUT2D eigenvalue weighted by atomic mass is 10.00. The highest BCUT2D eigenvalue weighted by Crippen LogP contribution is 2.17. The van der Waals surface area contributed by atoms with Gasteiger partial charge in [-0.2, -0.15) is 0 Å². The zero-order valence-corrected chi connectivity index (χ0v) is 9.17. The van der Waals surface area contributed by atoms with E-state index in [0.29, 0.717) is 0 Å².